The minimum absolute atomic E-state index is 0.143. The molecular weight excluding hydrogens is 254 g/mol. The van der Waals surface area contributed by atoms with Crippen molar-refractivity contribution in [2.24, 2.45) is 0 Å². The molecule has 0 bridgehead atoms. The van der Waals surface area contributed by atoms with Gasteiger partial charge < -0.3 is 10.1 Å². The monoisotopic (exact) mass is 273 g/mol. The van der Waals surface area contributed by atoms with Crippen LogP contribution in [0.15, 0.2) is 21.7 Å². The molecule has 1 heterocycles. The van der Waals surface area contributed by atoms with E-state index in [1.807, 2.05) is 13.0 Å². The van der Waals surface area contributed by atoms with E-state index in [4.69, 9.17) is 0 Å². The van der Waals surface area contributed by atoms with Crippen LogP contribution in [0.25, 0.3) is 10.9 Å². The first-order valence-corrected chi connectivity index (χ1v) is 6.97. The first-order valence-electron chi connectivity index (χ1n) is 6.97. The molecule has 2 rings (SSSR count). The van der Waals surface area contributed by atoms with Gasteiger partial charge >= 0.3 is 0 Å². The van der Waals surface area contributed by atoms with Gasteiger partial charge in [-0.15, -0.1) is 0 Å². The van der Waals surface area contributed by atoms with Gasteiger partial charge in [0.25, 0.3) is 5.56 Å². The van der Waals surface area contributed by atoms with Crippen LogP contribution in [0, 0.1) is 0 Å². The van der Waals surface area contributed by atoms with Gasteiger partial charge in [0.1, 0.15) is 5.75 Å². The van der Waals surface area contributed by atoms with Crippen molar-refractivity contribution >= 4 is 10.9 Å². The van der Waals surface area contributed by atoms with Crippen LogP contribution in [-0.2, 0) is 19.3 Å². The van der Waals surface area contributed by atoms with Crippen molar-refractivity contribution in [1.82, 2.24) is 4.98 Å². The number of aromatic nitrogens is 1. The van der Waals surface area contributed by atoms with E-state index in [0.717, 1.165) is 36.5 Å². The van der Waals surface area contributed by atoms with Gasteiger partial charge in [0, 0.05) is 11.5 Å². The summed E-state index contributed by atoms with van der Waals surface area (Å²) < 4.78 is 0. The maximum Gasteiger partial charge on any atom is 0.296 e. The van der Waals surface area contributed by atoms with E-state index < -0.39 is 11.0 Å². The van der Waals surface area contributed by atoms with E-state index >= 15 is 0 Å². The highest BCUT2D eigenvalue weighted by Gasteiger charge is 2.13. The molecule has 0 aliphatic rings. The molecular formula is C16H19NO3. The molecule has 0 radical (unpaired) electrons. The van der Waals surface area contributed by atoms with Crippen molar-refractivity contribution in [3.05, 3.63) is 49.4 Å². The fraction of sp³-hybridized carbons (Fsp3) is 0.375. The molecule has 106 valence electrons. The van der Waals surface area contributed by atoms with E-state index in [1.165, 1.54) is 5.56 Å². The zero-order valence-corrected chi connectivity index (χ0v) is 12.0. The quantitative estimate of drug-likeness (QED) is 0.843. The molecule has 1 aromatic heterocycles. The van der Waals surface area contributed by atoms with Gasteiger partial charge in [0.05, 0.1) is 5.52 Å². The van der Waals surface area contributed by atoms with Crippen LogP contribution < -0.4 is 11.0 Å². The van der Waals surface area contributed by atoms with Crippen LogP contribution in [0.2, 0.25) is 0 Å². The largest absolute Gasteiger partial charge is 0.507 e. The number of benzene rings is 1. The van der Waals surface area contributed by atoms with Crippen LogP contribution in [0.5, 0.6) is 5.75 Å². The van der Waals surface area contributed by atoms with Crippen molar-refractivity contribution in [2.75, 3.05) is 0 Å². The van der Waals surface area contributed by atoms with Crippen LogP contribution in [-0.4, -0.2) is 10.1 Å². The first kappa shape index (κ1) is 14.3. The third-order valence-electron chi connectivity index (χ3n) is 3.74. The van der Waals surface area contributed by atoms with Crippen molar-refractivity contribution in [3.63, 3.8) is 0 Å². The Bertz CT molecular complexity index is 775. The van der Waals surface area contributed by atoms with Gasteiger partial charge in [-0.3, -0.25) is 9.59 Å². The zero-order valence-electron chi connectivity index (χ0n) is 12.0. The number of hydrogen-bond donors (Lipinski definition) is 2. The number of H-pyrrole nitrogens is 1. The van der Waals surface area contributed by atoms with Crippen molar-refractivity contribution in [3.8, 4) is 5.75 Å². The molecule has 0 spiro atoms. The second kappa shape index (κ2) is 5.49. The summed E-state index contributed by atoms with van der Waals surface area (Å²) in [6.45, 7) is 6.13. The third-order valence-corrected chi connectivity index (χ3v) is 3.74. The second-order valence-electron chi connectivity index (χ2n) is 4.82. The van der Waals surface area contributed by atoms with Gasteiger partial charge in [-0.1, -0.05) is 20.8 Å². The predicted octanol–water partition coefficient (Wildman–Crippen LogP) is 2.28. The number of rotatable bonds is 3. The lowest BCUT2D eigenvalue weighted by Crippen LogP contribution is -2.22. The summed E-state index contributed by atoms with van der Waals surface area (Å²) in [5.74, 6) is -0.143. The molecule has 2 N–H and O–H groups in total. The Morgan fingerprint density at radius 1 is 1.00 bits per heavy atom. The summed E-state index contributed by atoms with van der Waals surface area (Å²) in [4.78, 5) is 25.9. The zero-order chi connectivity index (χ0) is 14.9. The van der Waals surface area contributed by atoms with E-state index in [-0.39, 0.29) is 5.75 Å². The highest BCUT2D eigenvalue weighted by molar-refractivity contribution is 5.88. The Morgan fingerprint density at radius 3 is 2.20 bits per heavy atom. The molecule has 2 aromatic rings. The average molecular weight is 273 g/mol. The molecule has 1 aromatic carbocycles. The summed E-state index contributed by atoms with van der Waals surface area (Å²) in [5, 5.41) is 10.6. The first-order chi connectivity index (χ1) is 9.53. The Kier molecular flexibility index (Phi) is 3.93. The molecule has 4 nitrogen and oxygen atoms in total. The van der Waals surface area contributed by atoms with Crippen LogP contribution in [0.1, 0.15) is 37.5 Å². The fourth-order valence-electron chi connectivity index (χ4n) is 2.77. The molecule has 0 amide bonds. The van der Waals surface area contributed by atoms with E-state index in [9.17, 15) is 14.7 Å². The number of hydrogen-bond acceptors (Lipinski definition) is 3. The molecule has 0 aliphatic heterocycles. The molecule has 0 saturated carbocycles. The molecule has 0 aliphatic carbocycles. The topological polar surface area (TPSA) is 70.2 Å². The third kappa shape index (κ3) is 2.22. The van der Waals surface area contributed by atoms with Gasteiger partial charge in [-0.05, 0) is 42.0 Å². The van der Waals surface area contributed by atoms with Gasteiger partial charge in [-0.25, -0.2) is 0 Å². The molecule has 4 heteroatoms. The fourth-order valence-corrected chi connectivity index (χ4v) is 2.77. The minimum atomic E-state index is -0.725. The number of aromatic hydroxyl groups is 1. The standard InChI is InChI=1S/C16H19NO3/c1-4-9-7-12-13(18)8-14(19)16(20)17-15(12)11(6-3)10(9)5-2/h7-8,18H,4-6H2,1-3H3,(H,17,19,20). The predicted molar refractivity (Wildman–Crippen MR) is 80.6 cm³/mol. The Hall–Kier alpha value is -2.10. The molecule has 20 heavy (non-hydrogen) atoms. The van der Waals surface area contributed by atoms with Crippen LogP contribution in [0.4, 0.5) is 0 Å². The highest BCUT2D eigenvalue weighted by Crippen LogP contribution is 2.29. The lowest BCUT2D eigenvalue weighted by molar-refractivity contribution is 0.481. The number of aryl methyl sites for hydroxylation is 2. The Morgan fingerprint density at radius 2 is 1.65 bits per heavy atom. The number of aromatic amines is 1. The smallest absolute Gasteiger partial charge is 0.296 e. The summed E-state index contributed by atoms with van der Waals surface area (Å²) in [6, 6.07) is 2.86. The van der Waals surface area contributed by atoms with Gasteiger partial charge in [0.2, 0.25) is 5.43 Å². The molecule has 0 saturated heterocycles. The summed E-state index contributed by atoms with van der Waals surface area (Å²) in [5.41, 5.74) is 2.49. The lowest BCUT2D eigenvalue weighted by Gasteiger charge is -2.14. The van der Waals surface area contributed by atoms with E-state index in [2.05, 4.69) is 18.8 Å². The van der Waals surface area contributed by atoms with Crippen molar-refractivity contribution < 1.29 is 5.11 Å². The highest BCUT2D eigenvalue weighted by atomic mass is 16.3. The Balaban J connectivity index is 3.12. The van der Waals surface area contributed by atoms with Gasteiger partial charge in [0.15, 0.2) is 0 Å². The minimum Gasteiger partial charge on any atom is -0.507 e. The number of nitrogens with one attached hydrogen (secondary N) is 1. The van der Waals surface area contributed by atoms with Crippen molar-refractivity contribution in [1.29, 1.82) is 0 Å². The normalized spacial score (nSPS) is 10.9. The average Bonchev–Trinajstić information content (AvgIpc) is 2.54. The molecule has 0 unspecified atom stereocenters. The van der Waals surface area contributed by atoms with Gasteiger partial charge in [-0.2, -0.15) is 0 Å². The second-order valence-corrected chi connectivity index (χ2v) is 4.82. The van der Waals surface area contributed by atoms with Crippen molar-refractivity contribution in [2.45, 2.75) is 40.0 Å². The summed E-state index contributed by atoms with van der Waals surface area (Å²) in [6.07, 6.45) is 2.44. The molecule has 0 atom stereocenters. The maximum absolute atomic E-state index is 11.7. The summed E-state index contributed by atoms with van der Waals surface area (Å²) in [7, 11) is 0. The van der Waals surface area contributed by atoms with E-state index in [1.54, 1.807) is 0 Å². The summed E-state index contributed by atoms with van der Waals surface area (Å²) >= 11 is 0. The Labute approximate surface area is 117 Å². The van der Waals surface area contributed by atoms with Crippen LogP contribution in [0.3, 0.4) is 0 Å². The van der Waals surface area contributed by atoms with E-state index in [0.29, 0.717) is 10.9 Å². The maximum atomic E-state index is 11.7. The lowest BCUT2D eigenvalue weighted by atomic mass is 9.92. The van der Waals surface area contributed by atoms with Crippen LogP contribution >= 0.6 is 0 Å². The number of fused-ring (bicyclic) bond motifs is 1. The molecule has 0 fully saturated rings. The SMILES string of the molecule is CCc1cc2c(O)cc(=O)c(=O)[nH]c2c(CC)c1CC.